The van der Waals surface area contributed by atoms with Crippen molar-refractivity contribution in [3.63, 3.8) is 0 Å². The lowest BCUT2D eigenvalue weighted by atomic mass is 10.00. The number of aromatic nitrogens is 1. The molecule has 0 spiro atoms. The second kappa shape index (κ2) is 11.0. The smallest absolute Gasteiger partial charge is 0.406 e. The topological polar surface area (TPSA) is 78.8 Å². The number of thiazole rings is 1. The maximum absolute atomic E-state index is 12.2. The predicted octanol–water partition coefficient (Wildman–Crippen LogP) is 3.26. The third-order valence-electron chi connectivity index (χ3n) is 3.88. The Labute approximate surface area is 171 Å². The number of aliphatic hydroxyl groups excluding tert-OH is 1. The van der Waals surface area contributed by atoms with Crippen LogP contribution in [0.5, 0.6) is 5.75 Å². The summed E-state index contributed by atoms with van der Waals surface area (Å²) in [5.41, 5.74) is 0.806. The zero-order valence-electron chi connectivity index (χ0n) is 16.3. The van der Waals surface area contributed by atoms with Gasteiger partial charge in [-0.15, -0.1) is 24.5 Å². The lowest BCUT2D eigenvalue weighted by Gasteiger charge is -2.18. The van der Waals surface area contributed by atoms with E-state index in [4.69, 9.17) is 0 Å². The summed E-state index contributed by atoms with van der Waals surface area (Å²) >= 11 is 1.59. The van der Waals surface area contributed by atoms with Gasteiger partial charge in [0.1, 0.15) is 10.8 Å². The lowest BCUT2D eigenvalue weighted by Crippen LogP contribution is -2.40. The molecule has 160 valence electrons. The van der Waals surface area contributed by atoms with Gasteiger partial charge in [0.2, 0.25) is 0 Å². The fraction of sp³-hybridized carbons (Fsp3) is 0.474. The van der Waals surface area contributed by atoms with Gasteiger partial charge in [0, 0.05) is 36.7 Å². The first-order valence-electron chi connectivity index (χ1n) is 9.18. The van der Waals surface area contributed by atoms with Crippen LogP contribution in [0.15, 0.2) is 35.5 Å². The Hall–Kier alpha value is -2.33. The average Bonchev–Trinajstić information content (AvgIpc) is 3.08. The van der Waals surface area contributed by atoms with E-state index in [2.05, 4.69) is 25.3 Å². The van der Waals surface area contributed by atoms with Crippen LogP contribution in [0.25, 0.3) is 0 Å². The number of nitrogens with zero attached hydrogens (tertiary/aromatic N) is 2. The highest BCUT2D eigenvalue weighted by atomic mass is 32.1. The molecule has 0 amide bonds. The molecule has 0 radical (unpaired) electrons. The lowest BCUT2D eigenvalue weighted by molar-refractivity contribution is -0.274. The van der Waals surface area contributed by atoms with Gasteiger partial charge in [-0.05, 0) is 38.0 Å². The maximum atomic E-state index is 12.2. The van der Waals surface area contributed by atoms with Gasteiger partial charge in [0.25, 0.3) is 0 Å². The summed E-state index contributed by atoms with van der Waals surface area (Å²) in [5.74, 6) is 0.224. The van der Waals surface area contributed by atoms with Crippen LogP contribution in [0.3, 0.4) is 0 Å². The normalized spacial score (nSPS) is 13.2. The Morgan fingerprint density at radius 3 is 2.55 bits per heavy atom. The highest BCUT2D eigenvalue weighted by Crippen LogP contribution is 2.23. The third kappa shape index (κ3) is 8.70. The van der Waals surface area contributed by atoms with Crippen LogP contribution in [0.2, 0.25) is 0 Å². The second-order valence-electron chi connectivity index (χ2n) is 6.39. The quantitative estimate of drug-likeness (QED) is 0.421. The van der Waals surface area contributed by atoms with Gasteiger partial charge in [-0.25, -0.2) is 9.98 Å². The minimum absolute atomic E-state index is 0.0706. The van der Waals surface area contributed by atoms with Crippen LogP contribution >= 0.6 is 11.3 Å². The summed E-state index contributed by atoms with van der Waals surface area (Å²) in [6.07, 6.45) is -2.40. The van der Waals surface area contributed by atoms with Crippen molar-refractivity contribution in [2.75, 3.05) is 19.7 Å². The molecule has 0 aliphatic heterocycles. The van der Waals surface area contributed by atoms with Crippen molar-refractivity contribution in [2.45, 2.75) is 33.2 Å². The van der Waals surface area contributed by atoms with Crippen molar-refractivity contribution >= 4 is 17.3 Å². The average molecular weight is 430 g/mol. The zero-order chi connectivity index (χ0) is 21.3. The molecule has 0 saturated carbocycles. The Morgan fingerprint density at radius 2 is 2.00 bits per heavy atom. The maximum Gasteiger partial charge on any atom is 0.573 e. The van der Waals surface area contributed by atoms with Gasteiger partial charge in [0.15, 0.2) is 5.96 Å². The molecule has 1 aromatic carbocycles. The molecule has 2 rings (SSSR count). The number of rotatable bonds is 9. The summed E-state index contributed by atoms with van der Waals surface area (Å²) < 4.78 is 40.6. The fourth-order valence-electron chi connectivity index (χ4n) is 2.57. The summed E-state index contributed by atoms with van der Waals surface area (Å²) in [7, 11) is 0. The third-order valence-corrected chi connectivity index (χ3v) is 4.78. The Kier molecular flexibility index (Phi) is 8.71. The minimum atomic E-state index is -4.71. The minimum Gasteiger partial charge on any atom is -0.406 e. The number of alkyl halides is 3. The van der Waals surface area contributed by atoms with Crippen LogP contribution in [-0.2, 0) is 13.0 Å². The van der Waals surface area contributed by atoms with E-state index in [-0.39, 0.29) is 18.3 Å². The van der Waals surface area contributed by atoms with E-state index in [1.165, 1.54) is 12.1 Å². The molecule has 0 saturated heterocycles. The summed E-state index contributed by atoms with van der Waals surface area (Å²) in [4.78, 5) is 9.90. The van der Waals surface area contributed by atoms with E-state index in [0.29, 0.717) is 32.0 Å². The monoisotopic (exact) mass is 430 g/mol. The molecular weight excluding hydrogens is 405 g/mol. The molecule has 1 unspecified atom stereocenters. The van der Waals surface area contributed by atoms with E-state index in [0.717, 1.165) is 15.4 Å². The van der Waals surface area contributed by atoms with Gasteiger partial charge < -0.3 is 20.5 Å². The van der Waals surface area contributed by atoms with Crippen LogP contribution in [0, 0.1) is 12.8 Å². The van der Waals surface area contributed by atoms with Gasteiger partial charge >= 0.3 is 6.36 Å². The van der Waals surface area contributed by atoms with Crippen molar-refractivity contribution in [1.82, 2.24) is 15.6 Å². The van der Waals surface area contributed by atoms with E-state index in [1.54, 1.807) is 23.5 Å². The molecule has 1 aromatic heterocycles. The van der Waals surface area contributed by atoms with Crippen LogP contribution in [0.4, 0.5) is 13.2 Å². The summed E-state index contributed by atoms with van der Waals surface area (Å²) in [6, 6.07) is 5.67. The Morgan fingerprint density at radius 1 is 1.28 bits per heavy atom. The molecule has 2 aromatic rings. The van der Waals surface area contributed by atoms with E-state index < -0.39 is 6.36 Å². The standard InChI is InChI=1S/C19H25F3N4O2S/c1-3-23-18(26-11-17-24-9-13(2)29-17)25-10-15(12-27)8-14-4-6-16(7-5-14)28-19(20,21)22/h4-7,9,15,27H,3,8,10-12H2,1-2H3,(H2,23,25,26). The van der Waals surface area contributed by atoms with E-state index in [1.807, 2.05) is 20.0 Å². The zero-order valence-corrected chi connectivity index (χ0v) is 17.1. The molecule has 0 fully saturated rings. The number of aryl methyl sites for hydroxylation is 1. The number of benzene rings is 1. The largest absolute Gasteiger partial charge is 0.573 e. The molecule has 10 heteroatoms. The molecular formula is C19H25F3N4O2S. The number of hydrogen-bond acceptors (Lipinski definition) is 5. The van der Waals surface area contributed by atoms with Crippen molar-refractivity contribution in [3.05, 3.63) is 45.9 Å². The van der Waals surface area contributed by atoms with Crippen LogP contribution in [-0.4, -0.2) is 42.1 Å². The SMILES string of the molecule is CCNC(=NCc1ncc(C)s1)NCC(CO)Cc1ccc(OC(F)(F)F)cc1. The Bertz CT molecular complexity index is 779. The number of hydrogen-bond donors (Lipinski definition) is 3. The molecule has 6 nitrogen and oxygen atoms in total. The van der Waals surface area contributed by atoms with Crippen molar-refractivity contribution in [2.24, 2.45) is 10.9 Å². The van der Waals surface area contributed by atoms with E-state index in [9.17, 15) is 18.3 Å². The first-order chi connectivity index (χ1) is 13.8. The van der Waals surface area contributed by atoms with Gasteiger partial charge in [-0.2, -0.15) is 0 Å². The number of guanidine groups is 1. The fourth-order valence-corrected chi connectivity index (χ4v) is 3.28. The van der Waals surface area contributed by atoms with E-state index >= 15 is 0 Å². The van der Waals surface area contributed by atoms with Crippen LogP contribution < -0.4 is 15.4 Å². The van der Waals surface area contributed by atoms with Gasteiger partial charge in [-0.1, -0.05) is 12.1 Å². The number of nitrogens with one attached hydrogen (secondary N) is 2. The van der Waals surface area contributed by atoms with Gasteiger partial charge in [-0.3, -0.25) is 0 Å². The first kappa shape index (κ1) is 23.0. The van der Waals surface area contributed by atoms with Gasteiger partial charge in [0.05, 0.1) is 6.54 Å². The summed E-state index contributed by atoms with van der Waals surface area (Å²) in [5, 5.41) is 16.9. The van der Waals surface area contributed by atoms with Crippen molar-refractivity contribution in [1.29, 1.82) is 0 Å². The Balaban J connectivity index is 1.90. The molecule has 1 heterocycles. The molecule has 1 atom stereocenters. The highest BCUT2D eigenvalue weighted by Gasteiger charge is 2.30. The highest BCUT2D eigenvalue weighted by molar-refractivity contribution is 7.11. The number of aliphatic imine (C=N–C) groups is 1. The molecule has 0 aliphatic rings. The molecule has 0 bridgehead atoms. The summed E-state index contributed by atoms with van der Waals surface area (Å²) in [6.45, 7) is 5.48. The molecule has 3 N–H and O–H groups in total. The number of halogens is 3. The van der Waals surface area contributed by atoms with Crippen molar-refractivity contribution < 1.29 is 23.0 Å². The number of aliphatic hydroxyl groups is 1. The molecule has 29 heavy (non-hydrogen) atoms. The van der Waals surface area contributed by atoms with Crippen LogP contribution in [0.1, 0.15) is 22.4 Å². The first-order valence-corrected chi connectivity index (χ1v) is 9.99. The number of ether oxygens (including phenoxy) is 1. The molecule has 0 aliphatic carbocycles. The predicted molar refractivity (Wildman–Crippen MR) is 107 cm³/mol. The second-order valence-corrected chi connectivity index (χ2v) is 7.70. The van der Waals surface area contributed by atoms with Crippen molar-refractivity contribution in [3.8, 4) is 5.75 Å².